The first-order chi connectivity index (χ1) is 12.1. The molecule has 2 aromatic heterocycles. The fourth-order valence-corrected chi connectivity index (χ4v) is 2.26. The summed E-state index contributed by atoms with van der Waals surface area (Å²) in [4.78, 5) is 27.7. The second kappa shape index (κ2) is 7.39. The minimum Gasteiger partial charge on any atom is -0.343 e. The van der Waals surface area contributed by atoms with E-state index in [1.54, 1.807) is 47.4 Å². The van der Waals surface area contributed by atoms with Crippen molar-refractivity contribution in [3.63, 3.8) is 0 Å². The second-order valence-corrected chi connectivity index (χ2v) is 5.23. The van der Waals surface area contributed by atoms with Crippen LogP contribution in [0, 0.1) is 5.82 Å². The molecular weight excluding hydrogens is 323 g/mol. The van der Waals surface area contributed by atoms with Crippen LogP contribution in [0.3, 0.4) is 0 Å². The molecule has 0 spiro atoms. The van der Waals surface area contributed by atoms with Gasteiger partial charge in [-0.25, -0.2) is 4.39 Å². The molecule has 126 valence electrons. The van der Waals surface area contributed by atoms with Crippen LogP contribution >= 0.6 is 0 Å². The summed E-state index contributed by atoms with van der Waals surface area (Å²) in [7, 11) is 0. The number of amides is 2. The van der Waals surface area contributed by atoms with Crippen molar-refractivity contribution in [2.24, 2.45) is 0 Å². The average molecular weight is 338 g/mol. The van der Waals surface area contributed by atoms with Crippen molar-refractivity contribution >= 4 is 17.5 Å². The molecule has 2 amide bonds. The van der Waals surface area contributed by atoms with Gasteiger partial charge in [0.15, 0.2) is 0 Å². The highest BCUT2D eigenvalue weighted by molar-refractivity contribution is 5.99. The number of hydrogen-bond donors (Lipinski definition) is 2. The van der Waals surface area contributed by atoms with Crippen molar-refractivity contribution in [2.75, 3.05) is 11.9 Å². The lowest BCUT2D eigenvalue weighted by Crippen LogP contribution is -2.32. The lowest BCUT2D eigenvalue weighted by molar-refractivity contribution is -0.115. The third-order valence-corrected chi connectivity index (χ3v) is 3.45. The molecule has 0 saturated carbocycles. The zero-order valence-electron chi connectivity index (χ0n) is 13.1. The molecule has 0 radical (unpaired) electrons. The molecule has 0 unspecified atom stereocenters. The van der Waals surface area contributed by atoms with Gasteiger partial charge in [-0.05, 0) is 42.5 Å². The largest absolute Gasteiger partial charge is 0.343 e. The number of hydrogen-bond acceptors (Lipinski definition) is 3. The maximum absolute atomic E-state index is 14.2. The molecule has 0 fully saturated rings. The molecular formula is C18H15FN4O2. The molecule has 1 aromatic carbocycles. The molecule has 0 aliphatic carbocycles. The molecule has 0 atom stereocenters. The van der Waals surface area contributed by atoms with E-state index in [-0.39, 0.29) is 12.1 Å². The molecule has 0 bridgehead atoms. The van der Waals surface area contributed by atoms with Crippen LogP contribution in [0.25, 0.3) is 5.69 Å². The maximum Gasteiger partial charge on any atom is 0.251 e. The van der Waals surface area contributed by atoms with Gasteiger partial charge in [0.05, 0.1) is 24.1 Å². The minimum atomic E-state index is -0.528. The summed E-state index contributed by atoms with van der Waals surface area (Å²) in [6, 6.07) is 11.1. The Morgan fingerprint density at radius 3 is 2.60 bits per heavy atom. The number of aromatic nitrogens is 2. The summed E-state index contributed by atoms with van der Waals surface area (Å²) < 4.78 is 15.8. The Morgan fingerprint density at radius 1 is 1.12 bits per heavy atom. The van der Waals surface area contributed by atoms with E-state index in [0.717, 1.165) is 6.07 Å². The number of halogens is 1. The van der Waals surface area contributed by atoms with Gasteiger partial charge in [-0.3, -0.25) is 14.6 Å². The summed E-state index contributed by atoms with van der Waals surface area (Å²) in [5.41, 5.74) is 1.02. The summed E-state index contributed by atoms with van der Waals surface area (Å²) >= 11 is 0. The fraction of sp³-hybridized carbons (Fsp3) is 0.0556. The van der Waals surface area contributed by atoms with Crippen molar-refractivity contribution in [1.82, 2.24) is 14.9 Å². The van der Waals surface area contributed by atoms with Crippen LogP contribution in [0.4, 0.5) is 10.1 Å². The van der Waals surface area contributed by atoms with E-state index < -0.39 is 17.6 Å². The van der Waals surface area contributed by atoms with E-state index in [0.29, 0.717) is 11.4 Å². The van der Waals surface area contributed by atoms with Crippen LogP contribution < -0.4 is 10.6 Å². The molecule has 2 heterocycles. The Balaban J connectivity index is 1.60. The quantitative estimate of drug-likeness (QED) is 0.750. The van der Waals surface area contributed by atoms with E-state index in [2.05, 4.69) is 15.6 Å². The minimum absolute atomic E-state index is 0.141. The first kappa shape index (κ1) is 16.4. The summed E-state index contributed by atoms with van der Waals surface area (Å²) in [5.74, 6) is -1.45. The molecule has 2 N–H and O–H groups in total. The van der Waals surface area contributed by atoms with Gasteiger partial charge in [0.1, 0.15) is 5.82 Å². The molecule has 0 aliphatic heterocycles. The van der Waals surface area contributed by atoms with Gasteiger partial charge >= 0.3 is 0 Å². The van der Waals surface area contributed by atoms with Crippen LogP contribution in [-0.2, 0) is 4.79 Å². The van der Waals surface area contributed by atoms with Crippen molar-refractivity contribution in [2.45, 2.75) is 0 Å². The Labute approximate surface area is 143 Å². The van der Waals surface area contributed by atoms with E-state index in [1.807, 2.05) is 0 Å². The standard InChI is InChI=1S/C18H15FN4O2/c19-15-10-13(5-6-16(15)23-8-1-2-9-23)18(25)21-12-17(24)22-14-4-3-7-20-11-14/h1-11H,12H2,(H,21,25)(H,22,24). The fourth-order valence-electron chi connectivity index (χ4n) is 2.26. The third-order valence-electron chi connectivity index (χ3n) is 3.45. The predicted molar refractivity (Wildman–Crippen MR) is 90.9 cm³/mol. The number of anilines is 1. The topological polar surface area (TPSA) is 76.0 Å². The summed E-state index contributed by atoms with van der Waals surface area (Å²) in [6.07, 6.45) is 6.50. The zero-order chi connectivity index (χ0) is 17.6. The van der Waals surface area contributed by atoms with Gasteiger partial charge in [-0.2, -0.15) is 0 Å². The molecule has 3 rings (SSSR count). The number of pyridine rings is 1. The molecule has 0 saturated heterocycles. The van der Waals surface area contributed by atoms with Gasteiger partial charge in [-0.1, -0.05) is 0 Å². The van der Waals surface area contributed by atoms with E-state index in [1.165, 1.54) is 18.3 Å². The Kier molecular flexibility index (Phi) is 4.84. The van der Waals surface area contributed by atoms with E-state index >= 15 is 0 Å². The average Bonchev–Trinajstić information content (AvgIpc) is 3.15. The molecule has 7 heteroatoms. The second-order valence-electron chi connectivity index (χ2n) is 5.23. The van der Waals surface area contributed by atoms with Gasteiger partial charge in [0.25, 0.3) is 5.91 Å². The summed E-state index contributed by atoms with van der Waals surface area (Å²) in [6.45, 7) is -0.227. The highest BCUT2D eigenvalue weighted by atomic mass is 19.1. The van der Waals surface area contributed by atoms with Crippen molar-refractivity contribution in [1.29, 1.82) is 0 Å². The van der Waals surface area contributed by atoms with E-state index in [9.17, 15) is 14.0 Å². The van der Waals surface area contributed by atoms with Crippen LogP contribution in [-0.4, -0.2) is 27.9 Å². The zero-order valence-corrected chi connectivity index (χ0v) is 13.1. The Hall–Kier alpha value is -3.48. The molecule has 3 aromatic rings. The van der Waals surface area contributed by atoms with Crippen LogP contribution in [0.2, 0.25) is 0 Å². The monoisotopic (exact) mass is 338 g/mol. The van der Waals surface area contributed by atoms with Crippen LogP contribution in [0.5, 0.6) is 0 Å². The number of nitrogens with zero attached hydrogens (tertiary/aromatic N) is 2. The van der Waals surface area contributed by atoms with Crippen molar-refractivity contribution < 1.29 is 14.0 Å². The number of carbonyl (C=O) groups excluding carboxylic acids is 2. The molecule has 0 aliphatic rings. The van der Waals surface area contributed by atoms with Gasteiger partial charge in [0, 0.05) is 24.2 Å². The van der Waals surface area contributed by atoms with Crippen molar-refractivity contribution in [3.8, 4) is 5.69 Å². The van der Waals surface area contributed by atoms with Gasteiger partial charge in [0.2, 0.25) is 5.91 Å². The number of rotatable bonds is 5. The highest BCUT2D eigenvalue weighted by Crippen LogP contribution is 2.15. The SMILES string of the molecule is O=C(CNC(=O)c1ccc(-n2cccc2)c(F)c1)Nc1cccnc1. The smallest absolute Gasteiger partial charge is 0.251 e. The number of carbonyl (C=O) groups is 2. The lowest BCUT2D eigenvalue weighted by atomic mass is 10.2. The maximum atomic E-state index is 14.2. The first-order valence-electron chi connectivity index (χ1n) is 7.54. The van der Waals surface area contributed by atoms with Crippen LogP contribution in [0.15, 0.2) is 67.3 Å². The normalized spacial score (nSPS) is 10.3. The number of benzene rings is 1. The van der Waals surface area contributed by atoms with Crippen molar-refractivity contribution in [3.05, 3.63) is 78.6 Å². The Morgan fingerprint density at radius 2 is 1.92 bits per heavy atom. The molecule has 25 heavy (non-hydrogen) atoms. The molecule has 6 nitrogen and oxygen atoms in total. The predicted octanol–water partition coefficient (Wildman–Crippen LogP) is 2.38. The first-order valence-corrected chi connectivity index (χ1v) is 7.54. The Bertz CT molecular complexity index is 879. The van der Waals surface area contributed by atoms with E-state index in [4.69, 9.17) is 0 Å². The van der Waals surface area contributed by atoms with Gasteiger partial charge in [-0.15, -0.1) is 0 Å². The third kappa shape index (κ3) is 4.08. The van der Waals surface area contributed by atoms with Crippen LogP contribution in [0.1, 0.15) is 10.4 Å². The number of nitrogens with one attached hydrogen (secondary N) is 2. The summed E-state index contributed by atoms with van der Waals surface area (Å²) in [5, 5.41) is 5.05. The highest BCUT2D eigenvalue weighted by Gasteiger charge is 2.12. The van der Waals surface area contributed by atoms with Gasteiger partial charge < -0.3 is 15.2 Å². The lowest BCUT2D eigenvalue weighted by Gasteiger charge is -2.09.